The fourth-order valence-corrected chi connectivity index (χ4v) is 0.590. The molecule has 0 saturated carbocycles. The summed E-state index contributed by atoms with van der Waals surface area (Å²) in [5.74, 6) is 0. The van der Waals surface area contributed by atoms with Gasteiger partial charge in [-0.2, -0.15) is 0 Å². The smallest absolute Gasteiger partial charge is 0.239 e. The summed E-state index contributed by atoms with van der Waals surface area (Å²) in [5.41, 5.74) is 0.258. The molecule has 3 nitrogen and oxygen atoms in total. The first-order chi connectivity index (χ1) is 4.68. The third-order valence-corrected chi connectivity index (χ3v) is 1.29. The molecule has 0 aliphatic carbocycles. The summed E-state index contributed by atoms with van der Waals surface area (Å²) < 4.78 is 0. The molecule has 0 radical (unpaired) electrons. The fraction of sp³-hybridized carbons (Fsp3) is 0.714. The minimum atomic E-state index is -0.352. The third-order valence-electron chi connectivity index (χ3n) is 1.29. The van der Waals surface area contributed by atoms with Crippen molar-refractivity contribution in [2.24, 2.45) is 0 Å². The van der Waals surface area contributed by atoms with Crippen LogP contribution in [0.1, 0.15) is 33.1 Å². The van der Waals surface area contributed by atoms with Crippen LogP contribution in [0.25, 0.3) is 0 Å². The van der Waals surface area contributed by atoms with Gasteiger partial charge in [-0.3, -0.25) is 10.1 Å². The molecular weight excluding hydrogens is 130 g/mol. The molecule has 0 N–H and O–H groups in total. The highest BCUT2D eigenvalue weighted by Crippen LogP contribution is 2.00. The van der Waals surface area contributed by atoms with Crippen LogP contribution in [-0.4, -0.2) is 4.92 Å². The van der Waals surface area contributed by atoms with Gasteiger partial charge in [0.1, 0.15) is 0 Å². The molecule has 0 aliphatic heterocycles. The summed E-state index contributed by atoms with van der Waals surface area (Å²) in [4.78, 5) is 9.68. The van der Waals surface area contributed by atoms with Crippen LogP contribution in [0, 0.1) is 10.1 Å². The predicted molar refractivity (Wildman–Crippen MR) is 40.3 cm³/mol. The maximum absolute atomic E-state index is 10.0. The van der Waals surface area contributed by atoms with E-state index in [1.807, 2.05) is 0 Å². The van der Waals surface area contributed by atoms with Gasteiger partial charge in [-0.05, 0) is 18.9 Å². The Morgan fingerprint density at radius 2 is 2.30 bits per heavy atom. The van der Waals surface area contributed by atoms with E-state index in [0.29, 0.717) is 0 Å². The lowest BCUT2D eigenvalue weighted by Gasteiger charge is -1.89. The molecule has 0 bridgehead atoms. The summed E-state index contributed by atoms with van der Waals surface area (Å²) in [6.07, 6.45) is 4.61. The molecule has 0 fully saturated rings. The van der Waals surface area contributed by atoms with Crippen LogP contribution in [-0.2, 0) is 0 Å². The molecule has 0 atom stereocenters. The standard InChI is InChI=1S/C7H13NO2/c1-3-4-5-6-7(2)8(9)10/h6H,3-5H2,1-2H3. The van der Waals surface area contributed by atoms with E-state index >= 15 is 0 Å². The fourth-order valence-electron chi connectivity index (χ4n) is 0.590. The molecule has 0 saturated heterocycles. The number of allylic oxidation sites excluding steroid dienone is 2. The van der Waals surface area contributed by atoms with Gasteiger partial charge >= 0.3 is 0 Å². The number of unbranched alkanes of at least 4 members (excludes halogenated alkanes) is 2. The molecule has 0 aromatic heterocycles. The van der Waals surface area contributed by atoms with Gasteiger partial charge in [0.15, 0.2) is 0 Å². The normalized spacial score (nSPS) is 11.6. The molecule has 0 aromatic rings. The largest absolute Gasteiger partial charge is 0.259 e. The first-order valence-electron chi connectivity index (χ1n) is 3.49. The summed E-state index contributed by atoms with van der Waals surface area (Å²) in [6.45, 7) is 3.59. The highest BCUT2D eigenvalue weighted by molar-refractivity contribution is 4.86. The van der Waals surface area contributed by atoms with Crippen LogP contribution in [0.3, 0.4) is 0 Å². The zero-order chi connectivity index (χ0) is 7.98. The van der Waals surface area contributed by atoms with E-state index in [1.54, 1.807) is 6.08 Å². The van der Waals surface area contributed by atoms with E-state index in [0.717, 1.165) is 19.3 Å². The van der Waals surface area contributed by atoms with Crippen LogP contribution in [0.4, 0.5) is 0 Å². The molecule has 0 rings (SSSR count). The lowest BCUT2D eigenvalue weighted by Crippen LogP contribution is -1.92. The van der Waals surface area contributed by atoms with Gasteiger partial charge in [-0.25, -0.2) is 0 Å². The molecule has 10 heavy (non-hydrogen) atoms. The Hall–Kier alpha value is -0.860. The highest BCUT2D eigenvalue weighted by atomic mass is 16.6. The van der Waals surface area contributed by atoms with Crippen molar-refractivity contribution in [3.63, 3.8) is 0 Å². The molecule has 0 aliphatic rings. The number of nitrogens with zero attached hydrogens (tertiary/aromatic N) is 1. The minimum Gasteiger partial charge on any atom is -0.259 e. The zero-order valence-corrected chi connectivity index (χ0v) is 6.46. The Bertz CT molecular complexity index is 141. The van der Waals surface area contributed by atoms with Gasteiger partial charge in [0, 0.05) is 6.92 Å². The van der Waals surface area contributed by atoms with Crippen LogP contribution in [0.15, 0.2) is 11.8 Å². The predicted octanol–water partition coefficient (Wildman–Crippen LogP) is 2.36. The average molecular weight is 143 g/mol. The van der Waals surface area contributed by atoms with Crippen molar-refractivity contribution in [2.45, 2.75) is 33.1 Å². The summed E-state index contributed by atoms with van der Waals surface area (Å²) >= 11 is 0. The van der Waals surface area contributed by atoms with Crippen molar-refractivity contribution in [2.75, 3.05) is 0 Å². The Kier molecular flexibility index (Phi) is 4.54. The monoisotopic (exact) mass is 143 g/mol. The van der Waals surface area contributed by atoms with E-state index in [2.05, 4.69) is 6.92 Å². The highest BCUT2D eigenvalue weighted by Gasteiger charge is 1.98. The Labute approximate surface area is 60.9 Å². The maximum atomic E-state index is 10.0. The third kappa shape index (κ3) is 4.06. The van der Waals surface area contributed by atoms with E-state index in [-0.39, 0.29) is 10.6 Å². The molecule has 0 spiro atoms. The average Bonchev–Trinajstić information content (AvgIpc) is 1.88. The van der Waals surface area contributed by atoms with Gasteiger partial charge in [-0.15, -0.1) is 0 Å². The molecular formula is C7H13NO2. The molecule has 58 valence electrons. The van der Waals surface area contributed by atoms with E-state index in [4.69, 9.17) is 0 Å². The second kappa shape index (κ2) is 4.97. The number of nitro groups is 1. The summed E-state index contributed by atoms with van der Waals surface area (Å²) in [7, 11) is 0. The van der Waals surface area contributed by atoms with Gasteiger partial charge in [-0.1, -0.05) is 13.3 Å². The number of hydrogen-bond acceptors (Lipinski definition) is 2. The molecule has 0 amide bonds. The molecule has 0 heterocycles. The Morgan fingerprint density at radius 1 is 1.70 bits per heavy atom. The SMILES string of the molecule is CCCCC=C(C)[N+](=O)[O-]. The van der Waals surface area contributed by atoms with E-state index < -0.39 is 0 Å². The van der Waals surface area contributed by atoms with Crippen LogP contribution in [0.5, 0.6) is 0 Å². The van der Waals surface area contributed by atoms with Gasteiger partial charge < -0.3 is 0 Å². The Morgan fingerprint density at radius 3 is 2.70 bits per heavy atom. The second-order valence-electron chi connectivity index (χ2n) is 2.24. The number of hydrogen-bond donors (Lipinski definition) is 0. The van der Waals surface area contributed by atoms with Crippen LogP contribution >= 0.6 is 0 Å². The van der Waals surface area contributed by atoms with Crippen molar-refractivity contribution in [1.82, 2.24) is 0 Å². The lowest BCUT2D eigenvalue weighted by atomic mass is 10.2. The van der Waals surface area contributed by atoms with Gasteiger partial charge in [0.25, 0.3) is 0 Å². The van der Waals surface area contributed by atoms with Crippen LogP contribution in [0.2, 0.25) is 0 Å². The van der Waals surface area contributed by atoms with Crippen molar-refractivity contribution in [3.8, 4) is 0 Å². The van der Waals surface area contributed by atoms with E-state index in [1.165, 1.54) is 6.92 Å². The van der Waals surface area contributed by atoms with Gasteiger partial charge in [0.05, 0.1) is 4.92 Å². The van der Waals surface area contributed by atoms with Crippen molar-refractivity contribution >= 4 is 0 Å². The number of rotatable bonds is 4. The lowest BCUT2D eigenvalue weighted by molar-refractivity contribution is -0.424. The second-order valence-corrected chi connectivity index (χ2v) is 2.24. The van der Waals surface area contributed by atoms with Gasteiger partial charge in [0.2, 0.25) is 5.70 Å². The first kappa shape index (κ1) is 9.14. The van der Waals surface area contributed by atoms with E-state index in [9.17, 15) is 10.1 Å². The Balaban J connectivity index is 3.58. The molecule has 0 unspecified atom stereocenters. The first-order valence-corrected chi connectivity index (χ1v) is 3.49. The van der Waals surface area contributed by atoms with Crippen molar-refractivity contribution in [3.05, 3.63) is 21.9 Å². The van der Waals surface area contributed by atoms with Crippen molar-refractivity contribution in [1.29, 1.82) is 0 Å². The topological polar surface area (TPSA) is 43.1 Å². The zero-order valence-electron chi connectivity index (χ0n) is 6.46. The summed E-state index contributed by atoms with van der Waals surface area (Å²) in [5, 5.41) is 10.0. The maximum Gasteiger partial charge on any atom is 0.239 e. The quantitative estimate of drug-likeness (QED) is 0.344. The molecule has 0 aromatic carbocycles. The molecule has 3 heteroatoms. The minimum absolute atomic E-state index is 0.258. The van der Waals surface area contributed by atoms with Crippen molar-refractivity contribution < 1.29 is 4.92 Å². The van der Waals surface area contributed by atoms with Crippen LogP contribution < -0.4 is 0 Å². The summed E-state index contributed by atoms with van der Waals surface area (Å²) in [6, 6.07) is 0.